The topological polar surface area (TPSA) is 262 Å². The minimum atomic E-state index is 0.322. The molecule has 0 radical (unpaired) electrons. The highest BCUT2D eigenvalue weighted by Crippen LogP contribution is 2.50. The zero-order valence-corrected chi connectivity index (χ0v) is 73.3. The summed E-state index contributed by atoms with van der Waals surface area (Å²) >= 11 is 0. The Morgan fingerprint density at radius 3 is 0.907 bits per heavy atom. The van der Waals surface area contributed by atoms with Crippen molar-refractivity contribution < 1.29 is 0 Å². The lowest BCUT2D eigenvalue weighted by Crippen LogP contribution is -2.05. The molecule has 0 aliphatic heterocycles. The molecule has 0 N–H and O–H groups in total. The fourth-order valence-electron chi connectivity index (χ4n) is 19.2. The second-order valence-corrected chi connectivity index (χ2v) is 33.1. The summed E-state index contributed by atoms with van der Waals surface area (Å²) in [4.78, 5) is 32.0. The van der Waals surface area contributed by atoms with Crippen LogP contribution in [0.1, 0.15) is 44.5 Å². The zero-order chi connectivity index (χ0) is 96.1. The highest BCUT2D eigenvalue weighted by Gasteiger charge is 2.29. The summed E-state index contributed by atoms with van der Waals surface area (Å²) in [5, 5.41) is 87.0. The van der Waals surface area contributed by atoms with E-state index < -0.39 is 0 Å². The van der Waals surface area contributed by atoms with Crippen molar-refractivity contribution in [3.63, 3.8) is 0 Å². The Morgan fingerprint density at radius 1 is 0.200 bits per heavy atom. The number of rotatable bonds is 12. The maximum absolute atomic E-state index is 10.3. The maximum atomic E-state index is 10.3. The molecule has 20 heteroatoms. The third-order valence-electron chi connectivity index (χ3n) is 25.5. The number of fused-ring (bicyclic) bond motifs is 12. The average Bonchev–Trinajstić information content (AvgIpc) is 1.56. The number of pyridine rings is 2. The minimum Gasteiger partial charge on any atom is -0.307 e. The molecule has 0 saturated carbocycles. The Hall–Kier alpha value is -22.1. The molecule has 6 heterocycles. The second-order valence-electron chi connectivity index (χ2n) is 33.1. The number of nitriles is 8. The number of para-hydroxylation sites is 2. The Labute approximate surface area is 800 Å². The van der Waals surface area contributed by atoms with E-state index in [4.69, 9.17) is 49.4 Å². The molecule has 20 nitrogen and oxygen atoms in total. The first-order chi connectivity index (χ1) is 68.7. The van der Waals surface area contributed by atoms with E-state index in [0.717, 1.165) is 165 Å². The summed E-state index contributed by atoms with van der Waals surface area (Å²) in [5.74, 6) is 0. The molecule has 0 amide bonds. The summed E-state index contributed by atoms with van der Waals surface area (Å²) in [5.41, 5.74) is 27.3. The molecule has 22 aromatic rings. The summed E-state index contributed by atoms with van der Waals surface area (Å²) in [6.45, 7) is 46.8. The van der Waals surface area contributed by atoms with Gasteiger partial charge in [-0.3, -0.25) is 9.97 Å². The zero-order valence-electron chi connectivity index (χ0n) is 73.3. The quantitative estimate of drug-likeness (QED) is 0.104. The van der Waals surface area contributed by atoms with Crippen LogP contribution in [0.25, 0.3) is 228 Å². The first-order valence-electron chi connectivity index (χ1n) is 43.5. The van der Waals surface area contributed by atoms with E-state index in [1.165, 1.54) is 0 Å². The van der Waals surface area contributed by atoms with Crippen LogP contribution in [-0.4, -0.2) is 28.2 Å². The lowest BCUT2D eigenvalue weighted by molar-refractivity contribution is 1.09. The lowest BCUT2D eigenvalue weighted by Gasteiger charge is -2.20. The van der Waals surface area contributed by atoms with Gasteiger partial charge in [0.15, 0.2) is 34.1 Å². The molecule has 0 spiro atoms. The molecular weight excluding hydrogens is 1720 g/mol. The third kappa shape index (κ3) is 14.4. The smallest absolute Gasteiger partial charge is 0.196 e. The Morgan fingerprint density at radius 2 is 0.514 bits per heavy atom. The fraction of sp³-hybridized carbons (Fsp3) is 0. The highest BCUT2D eigenvalue weighted by molar-refractivity contribution is 6.17. The van der Waals surface area contributed by atoms with E-state index in [-0.39, 0.29) is 0 Å². The van der Waals surface area contributed by atoms with E-state index in [0.29, 0.717) is 112 Å². The lowest BCUT2D eigenvalue weighted by atomic mass is 9.96. The van der Waals surface area contributed by atoms with E-state index >= 15 is 0 Å². The predicted octanol–water partition coefficient (Wildman–Crippen LogP) is 30.2. The normalized spacial score (nSPS) is 10.8. The average molecular weight is 1780 g/mol. The van der Waals surface area contributed by atoms with Crippen LogP contribution in [0.3, 0.4) is 0 Å². The van der Waals surface area contributed by atoms with Gasteiger partial charge in [0.2, 0.25) is 0 Å². The molecule has 0 aliphatic rings. The molecule has 0 saturated heterocycles. The van der Waals surface area contributed by atoms with Gasteiger partial charge in [-0.2, -0.15) is 42.1 Å². The van der Waals surface area contributed by atoms with Crippen molar-refractivity contribution in [3.05, 3.63) is 453 Å². The van der Waals surface area contributed by atoms with E-state index in [2.05, 4.69) is 144 Å². The molecular formula is C120H56N20. The summed E-state index contributed by atoms with van der Waals surface area (Å²) in [6.07, 6.45) is 7.37. The van der Waals surface area contributed by atoms with Gasteiger partial charge in [0.1, 0.15) is 0 Å². The molecule has 16 aromatic carbocycles. The van der Waals surface area contributed by atoms with E-state index in [1.54, 1.807) is 97.1 Å². The highest BCUT2D eigenvalue weighted by atomic mass is 15.1. The van der Waals surface area contributed by atoms with Crippen molar-refractivity contribution in [3.8, 4) is 160 Å². The molecule has 636 valence electrons. The molecule has 0 unspecified atom stereocenters. The van der Waals surface area contributed by atoms with Crippen molar-refractivity contribution in [2.24, 2.45) is 0 Å². The van der Waals surface area contributed by atoms with Crippen molar-refractivity contribution >= 4 is 121 Å². The molecule has 0 bridgehead atoms. The Bertz CT molecular complexity index is 9070. The Kier molecular flexibility index (Phi) is 21.2. The van der Waals surface area contributed by atoms with Crippen LogP contribution in [0, 0.1) is 130 Å². The number of benzene rings is 16. The van der Waals surface area contributed by atoms with Crippen molar-refractivity contribution in [1.29, 1.82) is 42.1 Å². The Balaban J connectivity index is 0.000000173. The van der Waals surface area contributed by atoms with Gasteiger partial charge in [-0.1, -0.05) is 152 Å². The SMILES string of the molecule is [C-]#[N+]c1cc(C#N)cc(-c2ccc3c4ccccc4n(-c4cncc(-n5c6ccccc6c6ccc(-c7cc(C#N)cc([N+]#[C-])c7)cc65)c4-c4ccc(C#N)cc4)c3c2)c1.[C-]#[N+]c1ccc(-c2ccc3c(c2)c2cc(-c4ccc([N+]#[C-])cc4[N+]#[C-])ccc2n3-c2cncc(-n3c4ccc(-c5ccc(C#N)cc5C#N)cc4c4cc(-c5ccc(C#N)cc5[N+]#[C-])ccc43)c2-c2ccc(C#N)cc2)c(C#N)c1. The second kappa shape index (κ2) is 35.0. The van der Waals surface area contributed by atoms with Crippen molar-refractivity contribution in [2.75, 3.05) is 0 Å². The van der Waals surface area contributed by atoms with Gasteiger partial charge in [0, 0.05) is 76.5 Å². The number of hydrogen-bond donors (Lipinski definition) is 0. The largest absolute Gasteiger partial charge is 0.307 e. The van der Waals surface area contributed by atoms with Gasteiger partial charge in [-0.15, -0.1) is 0 Å². The first-order valence-corrected chi connectivity index (χ1v) is 43.5. The summed E-state index contributed by atoms with van der Waals surface area (Å²) in [6, 6.07) is 116. The van der Waals surface area contributed by atoms with Crippen LogP contribution in [0.2, 0.25) is 0 Å². The van der Waals surface area contributed by atoms with E-state index in [1.807, 2.05) is 195 Å². The maximum Gasteiger partial charge on any atom is 0.196 e. The van der Waals surface area contributed by atoms with Crippen molar-refractivity contribution in [1.82, 2.24) is 28.2 Å². The molecule has 0 aliphatic carbocycles. The molecule has 22 rings (SSSR count). The standard InChI is InChI=1S/C68H30N12.C52H26N8/c1-74-50-15-19-53(49(27-50)37-73)45-12-22-63-57(29-45)59-31-47(55-20-16-51(75-2)32-61(55)77-4)14-24-65(59)80(63)67-39-78-38-66(68(67)43-9-5-40(33-69)6-10-43)79-62-21-11-44(52-17-7-41(34-70)25-48(52)36-72)28-56(62)58-30-46(13-23-64(58)79)54-18-8-42(35-71)26-60(54)76-3;1-56-40-21-33(28-54)19-38(23-40)36-15-17-44-42-7-3-5-9-46(42)59(48(44)25-36)50-30-58-31-51(52(50)35-13-11-32(27-53)12-14-35)60-47-10-6-4-8-43(47)45-18-16-37(26-49(45)60)39-20-34(29-55)22-41(24-39)57-2/h5-32,38-39H;3-26,30-31H. The van der Waals surface area contributed by atoms with Crippen LogP contribution in [-0.2, 0) is 0 Å². The summed E-state index contributed by atoms with van der Waals surface area (Å²) < 4.78 is 8.73. The van der Waals surface area contributed by atoms with Crippen molar-refractivity contribution in [2.45, 2.75) is 0 Å². The third-order valence-corrected chi connectivity index (χ3v) is 25.5. The van der Waals surface area contributed by atoms with Gasteiger partial charge < -0.3 is 18.3 Å². The van der Waals surface area contributed by atoms with Crippen LogP contribution >= 0.6 is 0 Å². The van der Waals surface area contributed by atoms with E-state index in [9.17, 15) is 42.1 Å². The number of hydrogen-bond acceptors (Lipinski definition) is 10. The van der Waals surface area contributed by atoms with Crippen LogP contribution < -0.4 is 0 Å². The van der Waals surface area contributed by atoms with Gasteiger partial charge in [0.25, 0.3) is 0 Å². The number of aromatic nitrogens is 6. The molecule has 6 aromatic heterocycles. The molecule has 0 fully saturated rings. The first kappa shape index (κ1) is 84.7. The molecule has 0 atom stereocenters. The summed E-state index contributed by atoms with van der Waals surface area (Å²) in [7, 11) is 0. The van der Waals surface area contributed by atoms with Gasteiger partial charge in [0.05, 0.1) is 202 Å². The predicted molar refractivity (Wildman–Crippen MR) is 545 cm³/mol. The van der Waals surface area contributed by atoms with Crippen LogP contribution in [0.5, 0.6) is 0 Å². The monoisotopic (exact) mass is 1780 g/mol. The van der Waals surface area contributed by atoms with Gasteiger partial charge in [-0.05, 0) is 242 Å². The van der Waals surface area contributed by atoms with Gasteiger partial charge in [-0.25, -0.2) is 29.1 Å². The minimum absolute atomic E-state index is 0.322. The number of nitrogens with zero attached hydrogens (tertiary/aromatic N) is 20. The van der Waals surface area contributed by atoms with Crippen LogP contribution in [0.4, 0.5) is 34.1 Å². The fourth-order valence-corrected chi connectivity index (χ4v) is 19.2. The molecule has 140 heavy (non-hydrogen) atoms. The van der Waals surface area contributed by atoms with Crippen LogP contribution in [0.15, 0.2) is 340 Å². The van der Waals surface area contributed by atoms with Gasteiger partial charge >= 0.3 is 0 Å².